The summed E-state index contributed by atoms with van der Waals surface area (Å²) in [7, 11) is 1.57. The summed E-state index contributed by atoms with van der Waals surface area (Å²) in [5.74, 6) is 0.120. The molecule has 4 rings (SSSR count). The molecule has 3 aromatic rings. The van der Waals surface area contributed by atoms with Crippen LogP contribution in [0.25, 0.3) is 0 Å². The quantitative estimate of drug-likeness (QED) is 0.327. The third-order valence-electron chi connectivity index (χ3n) is 6.18. The number of benzene rings is 3. The number of anilines is 1. The molecule has 0 aliphatic carbocycles. The molecule has 186 valence electrons. The van der Waals surface area contributed by atoms with E-state index in [0.29, 0.717) is 41.1 Å². The van der Waals surface area contributed by atoms with Crippen molar-refractivity contribution in [3.05, 3.63) is 95.0 Å². The van der Waals surface area contributed by atoms with Crippen LogP contribution in [-0.2, 0) is 22.4 Å². The standard InChI is InChI=1S/C28H28ClN3O3S/c1-35-24-13-11-23(12-14-24)32-26(33)19-25(27(32)34)31(18-16-21-7-9-22(29)10-8-21)28(36)30-17-15-20-5-3-2-4-6-20/h2-14,25H,15-19H2,1H3,(H,30,36). The first-order valence-electron chi connectivity index (χ1n) is 11.8. The number of amides is 2. The third-order valence-corrected chi connectivity index (χ3v) is 6.81. The zero-order chi connectivity index (χ0) is 25.5. The predicted molar refractivity (Wildman–Crippen MR) is 147 cm³/mol. The molecular formula is C28H28ClN3O3S. The van der Waals surface area contributed by atoms with Crippen LogP contribution in [0, 0.1) is 0 Å². The number of hydrogen-bond donors (Lipinski definition) is 1. The summed E-state index contributed by atoms with van der Waals surface area (Å²) >= 11 is 11.8. The van der Waals surface area contributed by atoms with Crippen molar-refractivity contribution < 1.29 is 14.3 Å². The lowest BCUT2D eigenvalue weighted by Gasteiger charge is -2.30. The van der Waals surface area contributed by atoms with Gasteiger partial charge in [-0.1, -0.05) is 54.1 Å². The Hall–Kier alpha value is -3.42. The molecule has 1 aliphatic rings. The highest BCUT2D eigenvalue weighted by molar-refractivity contribution is 7.80. The van der Waals surface area contributed by atoms with Gasteiger partial charge in [-0.2, -0.15) is 0 Å². The molecule has 0 spiro atoms. The maximum atomic E-state index is 13.5. The fourth-order valence-corrected chi connectivity index (χ4v) is 4.67. The van der Waals surface area contributed by atoms with Crippen molar-refractivity contribution in [3.63, 3.8) is 0 Å². The Kier molecular flexibility index (Phi) is 8.57. The Bertz CT molecular complexity index is 1200. The van der Waals surface area contributed by atoms with Gasteiger partial charge in [0, 0.05) is 18.1 Å². The Labute approximate surface area is 221 Å². The van der Waals surface area contributed by atoms with E-state index >= 15 is 0 Å². The lowest BCUT2D eigenvalue weighted by Crippen LogP contribution is -2.50. The van der Waals surface area contributed by atoms with Crippen LogP contribution in [0.2, 0.25) is 5.02 Å². The Morgan fingerprint density at radius 1 is 1.00 bits per heavy atom. The van der Waals surface area contributed by atoms with E-state index in [-0.39, 0.29) is 18.2 Å². The van der Waals surface area contributed by atoms with E-state index in [1.165, 1.54) is 10.5 Å². The van der Waals surface area contributed by atoms with Gasteiger partial charge < -0.3 is 15.0 Å². The van der Waals surface area contributed by atoms with E-state index in [2.05, 4.69) is 17.4 Å². The molecule has 1 heterocycles. The number of nitrogens with zero attached hydrogens (tertiary/aromatic N) is 2. The minimum Gasteiger partial charge on any atom is -0.497 e. The van der Waals surface area contributed by atoms with E-state index in [1.54, 1.807) is 31.4 Å². The summed E-state index contributed by atoms with van der Waals surface area (Å²) in [4.78, 5) is 29.5. The lowest BCUT2D eigenvalue weighted by atomic mass is 10.1. The smallest absolute Gasteiger partial charge is 0.257 e. The van der Waals surface area contributed by atoms with Gasteiger partial charge >= 0.3 is 0 Å². The van der Waals surface area contributed by atoms with Crippen LogP contribution < -0.4 is 15.0 Å². The lowest BCUT2D eigenvalue weighted by molar-refractivity contribution is -0.122. The van der Waals surface area contributed by atoms with E-state index in [9.17, 15) is 9.59 Å². The average Bonchev–Trinajstić information content (AvgIpc) is 3.19. The summed E-state index contributed by atoms with van der Waals surface area (Å²) in [5, 5.41) is 4.42. The predicted octanol–water partition coefficient (Wildman–Crippen LogP) is 4.64. The second-order valence-corrected chi connectivity index (χ2v) is 9.35. The first kappa shape index (κ1) is 25.7. The van der Waals surface area contributed by atoms with Crippen molar-refractivity contribution in [2.75, 3.05) is 25.1 Å². The second-order valence-electron chi connectivity index (χ2n) is 8.52. The first-order chi connectivity index (χ1) is 17.5. The Morgan fingerprint density at radius 2 is 1.67 bits per heavy atom. The van der Waals surface area contributed by atoms with Gasteiger partial charge in [0.25, 0.3) is 5.91 Å². The highest BCUT2D eigenvalue weighted by Gasteiger charge is 2.43. The topological polar surface area (TPSA) is 61.9 Å². The monoisotopic (exact) mass is 521 g/mol. The van der Waals surface area contributed by atoms with Crippen LogP contribution in [0.5, 0.6) is 5.75 Å². The SMILES string of the molecule is COc1ccc(N2C(=O)CC(N(CCc3ccc(Cl)cc3)C(=S)NCCc3ccccc3)C2=O)cc1. The molecule has 2 amide bonds. The first-order valence-corrected chi connectivity index (χ1v) is 12.6. The number of halogens is 1. The van der Waals surface area contributed by atoms with Gasteiger partial charge in [-0.25, -0.2) is 4.90 Å². The molecule has 8 heteroatoms. The number of methoxy groups -OCH3 is 1. The van der Waals surface area contributed by atoms with Gasteiger partial charge in [0.15, 0.2) is 5.11 Å². The number of carbonyl (C=O) groups excluding carboxylic acids is 2. The third kappa shape index (κ3) is 6.22. The number of thiocarbonyl (C=S) groups is 1. The van der Waals surface area contributed by atoms with Gasteiger partial charge in [0.2, 0.25) is 5.91 Å². The molecule has 3 aromatic carbocycles. The number of imide groups is 1. The summed E-state index contributed by atoms with van der Waals surface area (Å²) in [6.45, 7) is 1.11. The van der Waals surface area contributed by atoms with Crippen molar-refractivity contribution in [3.8, 4) is 5.75 Å². The van der Waals surface area contributed by atoms with Gasteiger partial charge in [0.05, 0.1) is 19.2 Å². The maximum absolute atomic E-state index is 13.5. The maximum Gasteiger partial charge on any atom is 0.257 e. The molecule has 1 atom stereocenters. The van der Waals surface area contributed by atoms with Gasteiger partial charge in [-0.05, 0) is 72.6 Å². The number of ether oxygens (including phenoxy) is 1. The fraction of sp³-hybridized carbons (Fsp3) is 0.250. The van der Waals surface area contributed by atoms with E-state index in [1.807, 2.05) is 47.4 Å². The highest BCUT2D eigenvalue weighted by atomic mass is 35.5. The van der Waals surface area contributed by atoms with E-state index < -0.39 is 6.04 Å². The molecular weight excluding hydrogens is 494 g/mol. The number of hydrogen-bond acceptors (Lipinski definition) is 4. The molecule has 1 N–H and O–H groups in total. The summed E-state index contributed by atoms with van der Waals surface area (Å²) in [6.07, 6.45) is 1.51. The summed E-state index contributed by atoms with van der Waals surface area (Å²) in [5.41, 5.74) is 2.78. The number of nitrogens with one attached hydrogen (secondary N) is 1. The van der Waals surface area contributed by atoms with Crippen LogP contribution in [0.1, 0.15) is 17.5 Å². The molecule has 1 fully saturated rings. The number of rotatable bonds is 9. The fourth-order valence-electron chi connectivity index (χ4n) is 4.22. The Morgan fingerprint density at radius 3 is 2.33 bits per heavy atom. The summed E-state index contributed by atoms with van der Waals surface area (Å²) in [6, 6.07) is 23.9. The highest BCUT2D eigenvalue weighted by Crippen LogP contribution is 2.28. The minimum absolute atomic E-state index is 0.0615. The van der Waals surface area contributed by atoms with Crippen LogP contribution in [0.3, 0.4) is 0 Å². The zero-order valence-electron chi connectivity index (χ0n) is 20.0. The van der Waals surface area contributed by atoms with Crippen molar-refractivity contribution >= 4 is 46.4 Å². The van der Waals surface area contributed by atoms with Gasteiger partial charge in [0.1, 0.15) is 11.8 Å². The van der Waals surface area contributed by atoms with Crippen LogP contribution >= 0.6 is 23.8 Å². The largest absolute Gasteiger partial charge is 0.497 e. The molecule has 0 bridgehead atoms. The molecule has 1 aliphatic heterocycles. The minimum atomic E-state index is -0.677. The average molecular weight is 522 g/mol. The Balaban J connectivity index is 1.49. The van der Waals surface area contributed by atoms with Crippen molar-refractivity contribution in [2.45, 2.75) is 25.3 Å². The molecule has 1 saturated heterocycles. The normalized spacial score (nSPS) is 15.2. The number of carbonyl (C=O) groups is 2. The van der Waals surface area contributed by atoms with Gasteiger partial charge in [-0.3, -0.25) is 9.59 Å². The van der Waals surface area contributed by atoms with E-state index in [4.69, 9.17) is 28.6 Å². The molecule has 0 aromatic heterocycles. The molecule has 6 nitrogen and oxygen atoms in total. The van der Waals surface area contributed by atoms with Crippen LogP contribution in [-0.4, -0.2) is 48.1 Å². The van der Waals surface area contributed by atoms with Crippen molar-refractivity contribution in [1.29, 1.82) is 0 Å². The molecule has 36 heavy (non-hydrogen) atoms. The summed E-state index contributed by atoms with van der Waals surface area (Å²) < 4.78 is 5.20. The van der Waals surface area contributed by atoms with Crippen LogP contribution in [0.4, 0.5) is 5.69 Å². The van der Waals surface area contributed by atoms with Crippen molar-refractivity contribution in [2.24, 2.45) is 0 Å². The zero-order valence-corrected chi connectivity index (χ0v) is 21.6. The van der Waals surface area contributed by atoms with Crippen LogP contribution in [0.15, 0.2) is 78.9 Å². The second kappa shape index (κ2) is 12.0. The molecule has 1 unspecified atom stereocenters. The molecule has 0 saturated carbocycles. The van der Waals surface area contributed by atoms with E-state index in [0.717, 1.165) is 12.0 Å². The van der Waals surface area contributed by atoms with Crippen molar-refractivity contribution in [1.82, 2.24) is 10.2 Å². The van der Waals surface area contributed by atoms with Gasteiger partial charge in [-0.15, -0.1) is 0 Å². The molecule has 0 radical (unpaired) electrons.